The molecule has 3 rings (SSSR count). The maximum atomic E-state index is 6.16. The largest absolute Gasteiger partial charge is 0.370 e. The smallest absolute Gasteiger partial charge is 0.191 e. The number of hydrogen-bond donors (Lipinski definition) is 1. The van der Waals surface area contributed by atoms with Crippen molar-refractivity contribution < 1.29 is 0 Å². The van der Waals surface area contributed by atoms with E-state index in [1.165, 1.54) is 22.6 Å². The summed E-state index contributed by atoms with van der Waals surface area (Å²) >= 11 is 2.00. The Morgan fingerprint density at radius 1 is 1.24 bits per heavy atom. The third kappa shape index (κ3) is 3.54. The third-order valence-electron chi connectivity index (χ3n) is 4.42. The molecule has 114 valence electrons. The van der Waals surface area contributed by atoms with Crippen LogP contribution in [0, 0.1) is 0 Å². The summed E-state index contributed by atoms with van der Waals surface area (Å²) in [6.07, 6.45) is 1.14. The highest BCUT2D eigenvalue weighted by molar-refractivity contribution is 7.99. The van der Waals surface area contributed by atoms with Gasteiger partial charge in [0.05, 0.1) is 6.04 Å². The van der Waals surface area contributed by atoms with E-state index in [-0.39, 0.29) is 0 Å². The molecular formula is C17H25N3S. The molecule has 3 nitrogen and oxygen atoms in total. The molecular weight excluding hydrogens is 278 g/mol. The van der Waals surface area contributed by atoms with Gasteiger partial charge in [0.25, 0.3) is 0 Å². The molecule has 2 atom stereocenters. The number of benzene rings is 1. The van der Waals surface area contributed by atoms with Gasteiger partial charge in [0.2, 0.25) is 0 Å². The van der Waals surface area contributed by atoms with Crippen LogP contribution < -0.4 is 5.73 Å². The number of thioether (sulfide) groups is 1. The van der Waals surface area contributed by atoms with Crippen molar-refractivity contribution in [2.75, 3.05) is 24.6 Å². The van der Waals surface area contributed by atoms with Crippen LogP contribution in [0.2, 0.25) is 0 Å². The third-order valence-corrected chi connectivity index (χ3v) is 5.36. The van der Waals surface area contributed by atoms with E-state index < -0.39 is 0 Å². The zero-order valence-corrected chi connectivity index (χ0v) is 13.8. The molecule has 2 N–H and O–H groups in total. The fraction of sp³-hybridized carbons (Fsp3) is 0.588. The number of guanidine groups is 1. The average Bonchev–Trinajstić information content (AvgIpc) is 3.27. The predicted octanol–water partition coefficient (Wildman–Crippen LogP) is 3.03. The van der Waals surface area contributed by atoms with E-state index in [1.807, 2.05) is 11.8 Å². The van der Waals surface area contributed by atoms with E-state index in [0.29, 0.717) is 17.9 Å². The van der Waals surface area contributed by atoms with E-state index in [9.17, 15) is 0 Å². The van der Waals surface area contributed by atoms with Crippen molar-refractivity contribution >= 4 is 17.7 Å². The SMILES string of the molecule is CC(C)c1ccc(C2CC2N=C(N)N2CCSCC2)cc1. The van der Waals surface area contributed by atoms with Crippen LogP contribution in [0.15, 0.2) is 29.3 Å². The number of nitrogens with two attached hydrogens (primary N) is 1. The van der Waals surface area contributed by atoms with Gasteiger partial charge in [-0.05, 0) is 23.5 Å². The van der Waals surface area contributed by atoms with E-state index in [2.05, 4.69) is 43.0 Å². The van der Waals surface area contributed by atoms with Crippen molar-refractivity contribution in [1.29, 1.82) is 0 Å². The number of rotatable bonds is 3. The summed E-state index contributed by atoms with van der Waals surface area (Å²) in [6, 6.07) is 9.44. The molecule has 1 aromatic carbocycles. The summed E-state index contributed by atoms with van der Waals surface area (Å²) in [5.74, 6) is 4.26. The van der Waals surface area contributed by atoms with Crippen LogP contribution in [-0.2, 0) is 0 Å². The molecule has 0 bridgehead atoms. The highest BCUT2D eigenvalue weighted by atomic mass is 32.2. The number of nitrogens with zero attached hydrogens (tertiary/aromatic N) is 2. The van der Waals surface area contributed by atoms with Gasteiger partial charge in [-0.1, -0.05) is 38.1 Å². The second-order valence-electron chi connectivity index (χ2n) is 6.32. The van der Waals surface area contributed by atoms with Crippen LogP contribution in [-0.4, -0.2) is 41.5 Å². The molecule has 1 heterocycles. The Morgan fingerprint density at radius 2 is 1.90 bits per heavy atom. The summed E-state index contributed by atoms with van der Waals surface area (Å²) in [4.78, 5) is 6.97. The summed E-state index contributed by atoms with van der Waals surface area (Å²) in [7, 11) is 0. The number of aliphatic imine (C=N–C) groups is 1. The zero-order chi connectivity index (χ0) is 14.8. The fourth-order valence-corrected chi connectivity index (χ4v) is 3.76. The topological polar surface area (TPSA) is 41.6 Å². The van der Waals surface area contributed by atoms with Gasteiger partial charge in [0, 0.05) is 30.5 Å². The van der Waals surface area contributed by atoms with Crippen molar-refractivity contribution in [3.05, 3.63) is 35.4 Å². The minimum absolute atomic E-state index is 0.393. The Kier molecular flexibility index (Phi) is 4.43. The summed E-state index contributed by atoms with van der Waals surface area (Å²) in [5.41, 5.74) is 8.98. The van der Waals surface area contributed by atoms with E-state index in [1.54, 1.807) is 0 Å². The highest BCUT2D eigenvalue weighted by Gasteiger charge is 2.38. The lowest BCUT2D eigenvalue weighted by atomic mass is 10.0. The molecule has 1 aromatic rings. The quantitative estimate of drug-likeness (QED) is 0.689. The van der Waals surface area contributed by atoms with Crippen molar-refractivity contribution in [3.8, 4) is 0 Å². The fourth-order valence-electron chi connectivity index (χ4n) is 2.85. The van der Waals surface area contributed by atoms with Crippen LogP contribution in [0.4, 0.5) is 0 Å². The van der Waals surface area contributed by atoms with Crippen molar-refractivity contribution in [2.24, 2.45) is 10.7 Å². The van der Waals surface area contributed by atoms with Gasteiger partial charge in [0.1, 0.15) is 0 Å². The summed E-state index contributed by atoms with van der Waals surface area (Å²) < 4.78 is 0. The second kappa shape index (κ2) is 6.30. The Bertz CT molecular complexity index is 503. The molecule has 2 aliphatic rings. The summed E-state index contributed by atoms with van der Waals surface area (Å²) in [5, 5.41) is 0. The van der Waals surface area contributed by atoms with Gasteiger partial charge in [-0.3, -0.25) is 0 Å². The van der Waals surface area contributed by atoms with Crippen molar-refractivity contribution in [1.82, 2.24) is 4.90 Å². The molecule has 0 amide bonds. The molecule has 21 heavy (non-hydrogen) atoms. The lowest BCUT2D eigenvalue weighted by Crippen LogP contribution is -2.42. The predicted molar refractivity (Wildman–Crippen MR) is 92.2 cm³/mol. The molecule has 4 heteroatoms. The molecule has 2 unspecified atom stereocenters. The van der Waals surface area contributed by atoms with Crippen LogP contribution >= 0.6 is 11.8 Å². The van der Waals surface area contributed by atoms with E-state index in [0.717, 1.165) is 25.5 Å². The first-order chi connectivity index (χ1) is 10.1. The molecule has 0 spiro atoms. The van der Waals surface area contributed by atoms with Crippen LogP contribution in [0.3, 0.4) is 0 Å². The zero-order valence-electron chi connectivity index (χ0n) is 13.0. The summed E-state index contributed by atoms with van der Waals surface area (Å²) in [6.45, 7) is 6.55. The van der Waals surface area contributed by atoms with Gasteiger partial charge < -0.3 is 10.6 Å². The van der Waals surface area contributed by atoms with Gasteiger partial charge in [-0.2, -0.15) is 11.8 Å². The molecule has 1 aliphatic carbocycles. The van der Waals surface area contributed by atoms with Crippen molar-refractivity contribution in [3.63, 3.8) is 0 Å². The first-order valence-corrected chi connectivity index (χ1v) is 9.06. The Morgan fingerprint density at radius 3 is 2.52 bits per heavy atom. The minimum Gasteiger partial charge on any atom is -0.370 e. The lowest BCUT2D eigenvalue weighted by Gasteiger charge is -2.27. The lowest BCUT2D eigenvalue weighted by molar-refractivity contribution is 0.455. The maximum Gasteiger partial charge on any atom is 0.191 e. The van der Waals surface area contributed by atoms with E-state index in [4.69, 9.17) is 10.7 Å². The van der Waals surface area contributed by atoms with Gasteiger partial charge in [-0.15, -0.1) is 0 Å². The minimum atomic E-state index is 0.393. The first-order valence-electron chi connectivity index (χ1n) is 7.91. The highest BCUT2D eigenvalue weighted by Crippen LogP contribution is 2.43. The normalized spacial score (nSPS) is 26.2. The maximum absolute atomic E-state index is 6.16. The second-order valence-corrected chi connectivity index (χ2v) is 7.54. The van der Waals surface area contributed by atoms with Crippen LogP contribution in [0.25, 0.3) is 0 Å². The first kappa shape index (κ1) is 14.8. The standard InChI is InChI=1S/C17H25N3S/c1-12(2)13-3-5-14(6-4-13)15-11-16(15)19-17(18)20-7-9-21-10-8-20/h3-6,12,15-16H,7-11H2,1-2H3,(H2,18,19). The van der Waals surface area contributed by atoms with Crippen LogP contribution in [0.1, 0.15) is 43.2 Å². The van der Waals surface area contributed by atoms with E-state index >= 15 is 0 Å². The van der Waals surface area contributed by atoms with Crippen molar-refractivity contribution in [2.45, 2.75) is 38.1 Å². The Labute approximate surface area is 132 Å². The molecule has 2 fully saturated rings. The molecule has 1 saturated carbocycles. The average molecular weight is 303 g/mol. The van der Waals surface area contributed by atoms with Gasteiger partial charge in [0.15, 0.2) is 5.96 Å². The molecule has 1 aliphatic heterocycles. The Balaban J connectivity index is 1.60. The molecule has 1 saturated heterocycles. The van der Waals surface area contributed by atoms with Gasteiger partial charge >= 0.3 is 0 Å². The molecule has 0 aromatic heterocycles. The van der Waals surface area contributed by atoms with Crippen LogP contribution in [0.5, 0.6) is 0 Å². The van der Waals surface area contributed by atoms with Gasteiger partial charge in [-0.25, -0.2) is 4.99 Å². The monoisotopic (exact) mass is 303 g/mol. The number of hydrogen-bond acceptors (Lipinski definition) is 2. The molecule has 0 radical (unpaired) electrons. The Hall–Kier alpha value is -1.16.